The van der Waals surface area contributed by atoms with Crippen LogP contribution in [-0.2, 0) is 0 Å². The first-order valence-corrected chi connectivity index (χ1v) is 8.10. The largest absolute Gasteiger partial charge is 0.422 e. The summed E-state index contributed by atoms with van der Waals surface area (Å²) in [4.78, 5) is 14.4. The van der Waals surface area contributed by atoms with Gasteiger partial charge in [0.25, 0.3) is 0 Å². The van der Waals surface area contributed by atoms with Gasteiger partial charge in [0.15, 0.2) is 0 Å². The Bertz CT molecular complexity index is 1010. The van der Waals surface area contributed by atoms with Crippen LogP contribution in [0, 0.1) is 17.1 Å². The molecule has 0 radical (unpaired) electrons. The molecule has 1 heterocycles. The molecule has 3 rings (SSSR count). The van der Waals surface area contributed by atoms with Crippen molar-refractivity contribution < 1.29 is 8.81 Å². The van der Waals surface area contributed by atoms with Crippen molar-refractivity contribution >= 4 is 16.7 Å². The smallest absolute Gasteiger partial charge is 0.354 e. The second-order valence-electron chi connectivity index (χ2n) is 5.61. The van der Waals surface area contributed by atoms with Gasteiger partial charge in [-0.25, -0.2) is 9.18 Å². The molecule has 4 nitrogen and oxygen atoms in total. The Morgan fingerprint density at radius 2 is 1.80 bits per heavy atom. The first-order valence-electron chi connectivity index (χ1n) is 8.10. The summed E-state index contributed by atoms with van der Waals surface area (Å²) < 4.78 is 18.6. The number of fused-ring (bicyclic) bond motifs is 1. The van der Waals surface area contributed by atoms with Crippen LogP contribution in [0.1, 0.15) is 19.4 Å². The van der Waals surface area contributed by atoms with E-state index in [1.807, 2.05) is 32.0 Å². The molecule has 0 aliphatic rings. The molecule has 0 spiro atoms. The van der Waals surface area contributed by atoms with Crippen molar-refractivity contribution in [2.45, 2.75) is 13.8 Å². The molecule has 0 fully saturated rings. The molecule has 0 bridgehead atoms. The Labute approximate surface area is 144 Å². The topological polar surface area (TPSA) is 57.2 Å². The molecule has 0 saturated heterocycles. The van der Waals surface area contributed by atoms with Gasteiger partial charge in [-0.2, -0.15) is 5.26 Å². The molecular formula is C20H17FN2O2. The van der Waals surface area contributed by atoms with Gasteiger partial charge >= 0.3 is 5.63 Å². The highest BCUT2D eigenvalue weighted by Gasteiger charge is 2.17. The molecule has 3 aromatic rings. The highest BCUT2D eigenvalue weighted by atomic mass is 19.1. The number of nitriles is 1. The fourth-order valence-electron chi connectivity index (χ4n) is 2.99. The van der Waals surface area contributed by atoms with Crippen LogP contribution >= 0.6 is 0 Å². The number of halogens is 1. The maximum atomic E-state index is 13.2. The predicted molar refractivity (Wildman–Crippen MR) is 96.2 cm³/mol. The molecule has 5 heteroatoms. The lowest BCUT2D eigenvalue weighted by molar-refractivity contribution is 0.559. The van der Waals surface area contributed by atoms with Gasteiger partial charge in [0, 0.05) is 35.8 Å². The summed E-state index contributed by atoms with van der Waals surface area (Å²) in [6, 6.07) is 13.2. The molecule has 0 atom stereocenters. The highest BCUT2D eigenvalue weighted by Crippen LogP contribution is 2.32. The van der Waals surface area contributed by atoms with Crippen molar-refractivity contribution in [1.82, 2.24) is 0 Å². The molecule has 0 N–H and O–H groups in total. The first-order chi connectivity index (χ1) is 12.1. The van der Waals surface area contributed by atoms with Gasteiger partial charge in [-0.3, -0.25) is 0 Å². The van der Waals surface area contributed by atoms with E-state index in [2.05, 4.69) is 4.90 Å². The van der Waals surface area contributed by atoms with Crippen LogP contribution < -0.4 is 10.5 Å². The van der Waals surface area contributed by atoms with Gasteiger partial charge in [0.1, 0.15) is 23.0 Å². The van der Waals surface area contributed by atoms with Crippen molar-refractivity contribution in [2.24, 2.45) is 0 Å². The molecule has 0 aliphatic carbocycles. The minimum atomic E-state index is -0.689. The second kappa shape index (κ2) is 6.78. The molecule has 0 unspecified atom stereocenters. The maximum Gasteiger partial charge on any atom is 0.354 e. The van der Waals surface area contributed by atoms with Crippen LogP contribution in [-0.4, -0.2) is 13.1 Å². The average Bonchev–Trinajstić information content (AvgIpc) is 2.62. The van der Waals surface area contributed by atoms with Crippen molar-refractivity contribution in [3.63, 3.8) is 0 Å². The molecule has 0 amide bonds. The van der Waals surface area contributed by atoms with Gasteiger partial charge in [-0.05, 0) is 43.7 Å². The third-order valence-electron chi connectivity index (χ3n) is 4.26. The maximum absolute atomic E-state index is 13.2. The molecule has 0 aliphatic heterocycles. The van der Waals surface area contributed by atoms with Crippen molar-refractivity contribution in [2.75, 3.05) is 18.0 Å². The first kappa shape index (κ1) is 16.7. The highest BCUT2D eigenvalue weighted by molar-refractivity contribution is 5.97. The summed E-state index contributed by atoms with van der Waals surface area (Å²) in [7, 11) is 0. The SMILES string of the molecule is CCN(CC)c1ccc2c(-c3ccc(F)cc3)c(C#N)c(=O)oc2c1. The van der Waals surface area contributed by atoms with Crippen LogP contribution in [0.4, 0.5) is 10.1 Å². The summed E-state index contributed by atoms with van der Waals surface area (Å²) in [6.07, 6.45) is 0. The Morgan fingerprint density at radius 1 is 1.12 bits per heavy atom. The number of benzene rings is 2. The Hall–Kier alpha value is -3.13. The summed E-state index contributed by atoms with van der Waals surface area (Å²) in [5, 5.41) is 10.1. The fraction of sp³-hybridized carbons (Fsp3) is 0.200. The Morgan fingerprint density at radius 3 is 2.40 bits per heavy atom. The van der Waals surface area contributed by atoms with Crippen molar-refractivity contribution in [1.29, 1.82) is 5.26 Å². The molecule has 126 valence electrons. The van der Waals surface area contributed by atoms with E-state index in [1.54, 1.807) is 18.2 Å². The average molecular weight is 336 g/mol. The summed E-state index contributed by atoms with van der Waals surface area (Å²) in [5.74, 6) is -0.377. The third-order valence-corrected chi connectivity index (χ3v) is 4.26. The molecular weight excluding hydrogens is 319 g/mol. The minimum absolute atomic E-state index is 0.0744. The van der Waals surface area contributed by atoms with Crippen LogP contribution in [0.2, 0.25) is 0 Å². The van der Waals surface area contributed by atoms with Crippen LogP contribution in [0.3, 0.4) is 0 Å². The van der Waals surface area contributed by atoms with Crippen molar-refractivity contribution in [3.8, 4) is 17.2 Å². The number of hydrogen-bond donors (Lipinski definition) is 0. The van der Waals surface area contributed by atoms with Crippen LogP contribution in [0.5, 0.6) is 0 Å². The normalized spacial score (nSPS) is 10.6. The number of rotatable bonds is 4. The zero-order chi connectivity index (χ0) is 18.0. The summed E-state index contributed by atoms with van der Waals surface area (Å²) in [6.45, 7) is 5.75. The Kier molecular flexibility index (Phi) is 4.53. The standard InChI is InChI=1S/C20H17FN2O2/c1-3-23(4-2)15-9-10-16-18(11-15)25-20(24)17(12-22)19(16)13-5-7-14(21)8-6-13/h5-11H,3-4H2,1-2H3. The van der Waals surface area contributed by atoms with Gasteiger partial charge in [0.05, 0.1) is 0 Å². The van der Waals surface area contributed by atoms with E-state index in [4.69, 9.17) is 4.42 Å². The molecule has 25 heavy (non-hydrogen) atoms. The van der Waals surface area contributed by atoms with Gasteiger partial charge in [0.2, 0.25) is 0 Å². The van der Waals surface area contributed by atoms with Crippen LogP contribution in [0.15, 0.2) is 51.7 Å². The zero-order valence-corrected chi connectivity index (χ0v) is 14.0. The van der Waals surface area contributed by atoms with E-state index in [-0.39, 0.29) is 11.4 Å². The zero-order valence-electron chi connectivity index (χ0n) is 14.0. The van der Waals surface area contributed by atoms with E-state index in [0.717, 1.165) is 18.8 Å². The summed E-state index contributed by atoms with van der Waals surface area (Å²) in [5.41, 5.74) is 1.66. The summed E-state index contributed by atoms with van der Waals surface area (Å²) >= 11 is 0. The van der Waals surface area contributed by atoms with E-state index < -0.39 is 5.63 Å². The monoisotopic (exact) mass is 336 g/mol. The van der Waals surface area contributed by atoms with E-state index >= 15 is 0 Å². The minimum Gasteiger partial charge on any atom is -0.422 e. The lowest BCUT2D eigenvalue weighted by Gasteiger charge is -2.21. The van der Waals surface area contributed by atoms with E-state index in [0.29, 0.717) is 22.1 Å². The van der Waals surface area contributed by atoms with Gasteiger partial charge < -0.3 is 9.32 Å². The Balaban J connectivity index is 2.32. The fourth-order valence-corrected chi connectivity index (χ4v) is 2.99. The predicted octanol–water partition coefficient (Wildman–Crippen LogP) is 4.32. The number of hydrogen-bond acceptors (Lipinski definition) is 4. The number of anilines is 1. The molecule has 0 saturated carbocycles. The van der Waals surface area contributed by atoms with Crippen molar-refractivity contribution in [3.05, 3.63) is 64.3 Å². The third kappa shape index (κ3) is 2.99. The lowest BCUT2D eigenvalue weighted by atomic mass is 9.97. The van der Waals surface area contributed by atoms with Gasteiger partial charge in [-0.15, -0.1) is 0 Å². The second-order valence-corrected chi connectivity index (χ2v) is 5.61. The molecule has 2 aromatic carbocycles. The van der Waals surface area contributed by atoms with E-state index in [9.17, 15) is 14.4 Å². The van der Waals surface area contributed by atoms with Crippen LogP contribution in [0.25, 0.3) is 22.1 Å². The number of nitrogens with zero attached hydrogens (tertiary/aromatic N) is 2. The van der Waals surface area contributed by atoms with Gasteiger partial charge in [-0.1, -0.05) is 12.1 Å². The quantitative estimate of drug-likeness (QED) is 0.666. The van der Waals surface area contributed by atoms with E-state index in [1.165, 1.54) is 12.1 Å². The molecule has 1 aromatic heterocycles. The lowest BCUT2D eigenvalue weighted by Crippen LogP contribution is -2.21.